The third-order valence-corrected chi connectivity index (χ3v) is 8.40. The molecule has 0 saturated carbocycles. The minimum absolute atomic E-state index is 0.0384. The van der Waals surface area contributed by atoms with Crippen LogP contribution in [0, 0.1) is 6.92 Å². The molecule has 0 spiro atoms. The van der Waals surface area contributed by atoms with Crippen molar-refractivity contribution in [2.75, 3.05) is 30.6 Å². The van der Waals surface area contributed by atoms with Crippen molar-refractivity contribution in [1.82, 2.24) is 10.2 Å². The topological polar surface area (TPSA) is 105 Å². The van der Waals surface area contributed by atoms with Gasteiger partial charge in [-0.25, -0.2) is 8.42 Å². The number of hydrogen-bond donors (Lipinski definition) is 1. The van der Waals surface area contributed by atoms with Crippen LogP contribution in [0.5, 0.6) is 11.5 Å². The maximum absolute atomic E-state index is 14.0. The van der Waals surface area contributed by atoms with Gasteiger partial charge in [-0.05, 0) is 50.1 Å². The number of carbonyl (C=O) groups excluding carboxylic acids is 2. The SMILES string of the molecule is CCCNC(=O)C(C)N(Cc1ccc(C)cc1)C(=O)CN(c1ccc2c(c1)OCCO2)S(=O)(=O)c1ccccc1. The van der Waals surface area contributed by atoms with Gasteiger partial charge in [0.05, 0.1) is 10.6 Å². The largest absolute Gasteiger partial charge is 0.486 e. The molecule has 0 bridgehead atoms. The molecule has 3 aromatic rings. The standard InChI is InChI=1S/C30H35N3O6S/c1-4-16-31-30(35)23(3)32(20-24-12-10-22(2)11-13-24)29(34)21-33(40(36,37)26-8-6-5-7-9-26)25-14-15-27-28(19-25)39-18-17-38-27/h5-15,19,23H,4,16-18,20-21H2,1-3H3,(H,31,35). The van der Waals surface area contributed by atoms with Crippen LogP contribution in [0.1, 0.15) is 31.4 Å². The first-order valence-electron chi connectivity index (χ1n) is 13.3. The molecule has 2 amide bonds. The van der Waals surface area contributed by atoms with Gasteiger partial charge in [-0.3, -0.25) is 13.9 Å². The summed E-state index contributed by atoms with van der Waals surface area (Å²) in [5.74, 6) is 0.0714. The van der Waals surface area contributed by atoms with Crippen LogP contribution in [0.2, 0.25) is 0 Å². The molecule has 1 aliphatic rings. The van der Waals surface area contributed by atoms with Crippen molar-refractivity contribution in [2.45, 2.75) is 44.7 Å². The lowest BCUT2D eigenvalue weighted by molar-refractivity contribution is -0.139. The Kier molecular flexibility index (Phi) is 9.31. The Balaban J connectivity index is 1.71. The number of benzene rings is 3. The van der Waals surface area contributed by atoms with Crippen molar-refractivity contribution < 1.29 is 27.5 Å². The van der Waals surface area contributed by atoms with Gasteiger partial charge >= 0.3 is 0 Å². The maximum atomic E-state index is 14.0. The van der Waals surface area contributed by atoms with E-state index in [-0.39, 0.29) is 23.0 Å². The van der Waals surface area contributed by atoms with Crippen molar-refractivity contribution in [3.63, 3.8) is 0 Å². The molecule has 0 aromatic heterocycles. The highest BCUT2D eigenvalue weighted by atomic mass is 32.2. The van der Waals surface area contributed by atoms with E-state index in [0.717, 1.165) is 21.9 Å². The lowest BCUT2D eigenvalue weighted by Gasteiger charge is -2.32. The Labute approximate surface area is 235 Å². The summed E-state index contributed by atoms with van der Waals surface area (Å²) < 4.78 is 40.2. The molecule has 1 atom stereocenters. The minimum atomic E-state index is -4.16. The summed E-state index contributed by atoms with van der Waals surface area (Å²) in [7, 11) is -4.16. The van der Waals surface area contributed by atoms with E-state index in [1.165, 1.54) is 17.0 Å². The second kappa shape index (κ2) is 12.9. The lowest BCUT2D eigenvalue weighted by atomic mass is 10.1. The Morgan fingerprint density at radius 1 is 0.950 bits per heavy atom. The Bertz CT molecular complexity index is 1430. The molecular weight excluding hydrogens is 530 g/mol. The number of fused-ring (bicyclic) bond motifs is 1. The number of rotatable bonds is 11. The van der Waals surface area contributed by atoms with Crippen LogP contribution in [0.4, 0.5) is 5.69 Å². The molecule has 1 N–H and O–H groups in total. The van der Waals surface area contributed by atoms with Crippen molar-refractivity contribution >= 4 is 27.5 Å². The van der Waals surface area contributed by atoms with E-state index in [1.807, 2.05) is 38.1 Å². The number of nitrogens with one attached hydrogen (secondary N) is 1. The summed E-state index contributed by atoms with van der Waals surface area (Å²) in [4.78, 5) is 28.4. The number of hydrogen-bond acceptors (Lipinski definition) is 6. The second-order valence-electron chi connectivity index (χ2n) is 9.63. The number of amides is 2. The molecule has 0 aliphatic carbocycles. The van der Waals surface area contributed by atoms with Crippen LogP contribution in [-0.4, -0.2) is 57.5 Å². The van der Waals surface area contributed by atoms with Crippen molar-refractivity contribution in [3.8, 4) is 11.5 Å². The van der Waals surface area contributed by atoms with Gasteiger partial charge in [0.25, 0.3) is 10.0 Å². The highest BCUT2D eigenvalue weighted by Crippen LogP contribution is 2.36. The highest BCUT2D eigenvalue weighted by molar-refractivity contribution is 7.92. The molecule has 1 unspecified atom stereocenters. The van der Waals surface area contributed by atoms with Crippen LogP contribution in [0.25, 0.3) is 0 Å². The molecule has 0 radical (unpaired) electrons. The zero-order valence-corrected chi connectivity index (χ0v) is 23.8. The quantitative estimate of drug-likeness (QED) is 0.378. The molecule has 3 aromatic carbocycles. The van der Waals surface area contributed by atoms with Crippen LogP contribution < -0.4 is 19.1 Å². The van der Waals surface area contributed by atoms with E-state index in [4.69, 9.17) is 9.47 Å². The highest BCUT2D eigenvalue weighted by Gasteiger charge is 2.33. The van der Waals surface area contributed by atoms with Gasteiger partial charge in [0.1, 0.15) is 25.8 Å². The third kappa shape index (κ3) is 6.74. The first kappa shape index (κ1) is 28.9. The van der Waals surface area contributed by atoms with Crippen molar-refractivity contribution in [2.24, 2.45) is 0 Å². The van der Waals surface area contributed by atoms with Crippen LogP contribution in [0.15, 0.2) is 77.7 Å². The lowest BCUT2D eigenvalue weighted by Crippen LogP contribution is -2.51. The van der Waals surface area contributed by atoms with Gasteiger partial charge in [-0.1, -0.05) is 55.0 Å². The average molecular weight is 566 g/mol. The van der Waals surface area contributed by atoms with E-state index in [2.05, 4.69) is 5.32 Å². The minimum Gasteiger partial charge on any atom is -0.486 e. The van der Waals surface area contributed by atoms with Gasteiger partial charge in [0.2, 0.25) is 11.8 Å². The van der Waals surface area contributed by atoms with Crippen LogP contribution in [0.3, 0.4) is 0 Å². The van der Waals surface area contributed by atoms with E-state index in [9.17, 15) is 18.0 Å². The fraction of sp³-hybridized carbons (Fsp3) is 0.333. The summed E-state index contributed by atoms with van der Waals surface area (Å²) >= 11 is 0. The predicted molar refractivity (Wildman–Crippen MR) is 153 cm³/mol. The van der Waals surface area contributed by atoms with Gasteiger partial charge in [0, 0.05) is 19.2 Å². The Hall–Kier alpha value is -4.05. The molecule has 40 heavy (non-hydrogen) atoms. The number of carbonyl (C=O) groups is 2. The number of anilines is 1. The molecule has 9 nitrogen and oxygen atoms in total. The normalized spacial score (nSPS) is 13.3. The molecular formula is C30H35N3O6S. The second-order valence-corrected chi connectivity index (χ2v) is 11.5. The van der Waals surface area contributed by atoms with Gasteiger partial charge < -0.3 is 19.7 Å². The average Bonchev–Trinajstić information content (AvgIpc) is 2.98. The van der Waals surface area contributed by atoms with E-state index in [0.29, 0.717) is 31.3 Å². The number of aryl methyl sites for hydroxylation is 1. The van der Waals surface area contributed by atoms with E-state index in [1.54, 1.807) is 43.3 Å². The Morgan fingerprint density at radius 3 is 2.30 bits per heavy atom. The summed E-state index contributed by atoms with van der Waals surface area (Å²) in [5, 5.41) is 2.84. The molecule has 10 heteroatoms. The fourth-order valence-corrected chi connectivity index (χ4v) is 5.73. The van der Waals surface area contributed by atoms with Gasteiger partial charge in [0.15, 0.2) is 11.5 Å². The van der Waals surface area contributed by atoms with Gasteiger partial charge in [-0.2, -0.15) is 0 Å². The molecule has 0 fully saturated rings. The number of ether oxygens (including phenoxy) is 2. The fourth-order valence-electron chi connectivity index (χ4n) is 4.30. The first-order valence-corrected chi connectivity index (χ1v) is 14.7. The zero-order valence-electron chi connectivity index (χ0n) is 23.0. The summed E-state index contributed by atoms with van der Waals surface area (Å²) in [6, 6.07) is 19.5. The van der Waals surface area contributed by atoms with Crippen molar-refractivity contribution in [1.29, 1.82) is 0 Å². The molecule has 4 rings (SSSR count). The van der Waals surface area contributed by atoms with Crippen molar-refractivity contribution in [3.05, 3.63) is 83.9 Å². The predicted octanol–water partition coefficient (Wildman–Crippen LogP) is 3.91. The van der Waals surface area contributed by atoms with E-state index < -0.39 is 28.5 Å². The zero-order chi connectivity index (χ0) is 28.7. The number of sulfonamides is 1. The molecule has 1 heterocycles. The monoisotopic (exact) mass is 565 g/mol. The molecule has 212 valence electrons. The Morgan fingerprint density at radius 2 is 1.62 bits per heavy atom. The molecule has 0 saturated heterocycles. The smallest absolute Gasteiger partial charge is 0.264 e. The summed E-state index contributed by atoms with van der Waals surface area (Å²) in [5.41, 5.74) is 2.14. The van der Waals surface area contributed by atoms with Crippen LogP contribution in [-0.2, 0) is 26.2 Å². The first-order chi connectivity index (χ1) is 19.2. The van der Waals surface area contributed by atoms with Gasteiger partial charge in [-0.15, -0.1) is 0 Å². The van der Waals surface area contributed by atoms with E-state index >= 15 is 0 Å². The number of nitrogens with zero attached hydrogens (tertiary/aromatic N) is 2. The summed E-state index contributed by atoms with van der Waals surface area (Å²) in [6.45, 7) is 6.37. The third-order valence-electron chi connectivity index (χ3n) is 6.61. The van der Waals surface area contributed by atoms with Crippen LogP contribution >= 0.6 is 0 Å². The molecule has 1 aliphatic heterocycles. The summed E-state index contributed by atoms with van der Waals surface area (Å²) in [6.07, 6.45) is 0.748. The maximum Gasteiger partial charge on any atom is 0.264 e.